The molecule has 1 aromatic heterocycles. The second-order valence-electron chi connectivity index (χ2n) is 8.25. The van der Waals surface area contributed by atoms with Crippen LogP contribution in [-0.4, -0.2) is 59.6 Å². The van der Waals surface area contributed by atoms with Gasteiger partial charge >= 0.3 is 5.97 Å². The Kier molecular flexibility index (Phi) is 9.55. The van der Waals surface area contributed by atoms with E-state index in [9.17, 15) is 4.79 Å². The van der Waals surface area contributed by atoms with Crippen LogP contribution in [0.2, 0.25) is 0 Å². The first-order chi connectivity index (χ1) is 16.5. The number of hydrogen-bond donors (Lipinski definition) is 1. The van der Waals surface area contributed by atoms with Crippen molar-refractivity contribution in [3.8, 4) is 22.5 Å². The highest BCUT2D eigenvalue weighted by molar-refractivity contribution is 5.78. The van der Waals surface area contributed by atoms with Gasteiger partial charge in [0.25, 0.3) is 0 Å². The summed E-state index contributed by atoms with van der Waals surface area (Å²) < 4.78 is 11.2. The molecule has 3 aromatic rings. The van der Waals surface area contributed by atoms with Crippen molar-refractivity contribution in [2.45, 2.75) is 39.3 Å². The van der Waals surface area contributed by atoms with Crippen LogP contribution in [0.3, 0.4) is 0 Å². The van der Waals surface area contributed by atoms with Crippen molar-refractivity contribution in [2.75, 3.05) is 31.3 Å². The van der Waals surface area contributed by atoms with E-state index in [-0.39, 0.29) is 25.4 Å². The Balaban J connectivity index is 1.79. The molecule has 0 saturated carbocycles. The zero-order chi connectivity index (χ0) is 24.3. The zero-order valence-electron chi connectivity index (χ0n) is 20.1. The standard InChI is InChI=1S/C27H33N3O4/c1-4-23(18-33-19-25(31)32)34-16-15-30(20(2)3)24-17-28-26(21-11-7-5-8-12-21)27(29-24)22-13-9-6-10-14-22/h5-14,17,20,23H,4,15-16,18-19H2,1-3H3,(H,31,32). The van der Waals surface area contributed by atoms with Crippen LogP contribution in [0.15, 0.2) is 66.9 Å². The number of rotatable bonds is 13. The van der Waals surface area contributed by atoms with Gasteiger partial charge in [0.05, 0.1) is 36.9 Å². The van der Waals surface area contributed by atoms with Gasteiger partial charge in [0.2, 0.25) is 0 Å². The number of hydrogen-bond acceptors (Lipinski definition) is 6. The lowest BCUT2D eigenvalue weighted by molar-refractivity contribution is -0.143. The van der Waals surface area contributed by atoms with Gasteiger partial charge in [-0.1, -0.05) is 67.6 Å². The third-order valence-electron chi connectivity index (χ3n) is 5.44. The summed E-state index contributed by atoms with van der Waals surface area (Å²) in [5.41, 5.74) is 3.71. The topological polar surface area (TPSA) is 84.8 Å². The van der Waals surface area contributed by atoms with E-state index in [4.69, 9.17) is 24.5 Å². The lowest BCUT2D eigenvalue weighted by Crippen LogP contribution is -2.36. The van der Waals surface area contributed by atoms with Crippen LogP contribution in [0.5, 0.6) is 0 Å². The number of carbonyl (C=O) groups is 1. The number of nitrogens with zero attached hydrogens (tertiary/aromatic N) is 3. The van der Waals surface area contributed by atoms with Crippen molar-refractivity contribution in [1.29, 1.82) is 0 Å². The molecule has 2 aromatic carbocycles. The van der Waals surface area contributed by atoms with Crippen LogP contribution in [-0.2, 0) is 14.3 Å². The van der Waals surface area contributed by atoms with Gasteiger partial charge in [0.15, 0.2) is 0 Å². The fraction of sp³-hybridized carbons (Fsp3) is 0.370. The molecule has 1 atom stereocenters. The van der Waals surface area contributed by atoms with Gasteiger partial charge in [-0.2, -0.15) is 0 Å². The molecular formula is C27H33N3O4. The summed E-state index contributed by atoms with van der Waals surface area (Å²) in [6.07, 6.45) is 2.41. The predicted octanol–water partition coefficient (Wildman–Crippen LogP) is 4.92. The first-order valence-electron chi connectivity index (χ1n) is 11.6. The Morgan fingerprint density at radius 1 is 1.00 bits per heavy atom. The molecule has 0 aliphatic rings. The van der Waals surface area contributed by atoms with Gasteiger partial charge < -0.3 is 19.5 Å². The van der Waals surface area contributed by atoms with Crippen molar-refractivity contribution >= 4 is 11.8 Å². The average Bonchev–Trinajstić information content (AvgIpc) is 2.86. The third-order valence-corrected chi connectivity index (χ3v) is 5.44. The normalized spacial score (nSPS) is 12.0. The maximum atomic E-state index is 10.7. The Morgan fingerprint density at radius 2 is 1.62 bits per heavy atom. The Labute approximate surface area is 201 Å². The fourth-order valence-electron chi connectivity index (χ4n) is 3.64. The van der Waals surface area contributed by atoms with E-state index in [1.54, 1.807) is 0 Å². The molecular weight excluding hydrogens is 430 g/mol. The van der Waals surface area contributed by atoms with Crippen molar-refractivity contribution in [3.05, 3.63) is 66.9 Å². The van der Waals surface area contributed by atoms with Gasteiger partial charge in [-0.25, -0.2) is 9.78 Å². The minimum absolute atomic E-state index is 0.153. The first-order valence-corrected chi connectivity index (χ1v) is 11.6. The molecule has 0 amide bonds. The largest absolute Gasteiger partial charge is 0.480 e. The van der Waals surface area contributed by atoms with Gasteiger partial charge in [0, 0.05) is 23.7 Å². The summed E-state index contributed by atoms with van der Waals surface area (Å²) in [5, 5.41) is 8.75. The van der Waals surface area contributed by atoms with Gasteiger partial charge in [-0.15, -0.1) is 0 Å². The molecule has 3 rings (SSSR count). The van der Waals surface area contributed by atoms with Crippen LogP contribution in [0.1, 0.15) is 27.2 Å². The summed E-state index contributed by atoms with van der Waals surface area (Å²) in [4.78, 5) is 22.7. The molecule has 7 heteroatoms. The Morgan fingerprint density at radius 3 is 2.18 bits per heavy atom. The lowest BCUT2D eigenvalue weighted by atomic mass is 10.0. The van der Waals surface area contributed by atoms with Crippen molar-refractivity contribution in [2.24, 2.45) is 0 Å². The number of carboxylic acid groups (broad SMARTS) is 1. The van der Waals surface area contributed by atoms with E-state index in [0.717, 1.165) is 34.8 Å². The molecule has 0 spiro atoms. The second kappa shape index (κ2) is 12.8. The molecule has 0 radical (unpaired) electrons. The monoisotopic (exact) mass is 463 g/mol. The van der Waals surface area contributed by atoms with Crippen LogP contribution in [0.25, 0.3) is 22.5 Å². The SMILES string of the molecule is CCC(COCC(=O)O)OCCN(c1cnc(-c2ccccc2)c(-c2ccccc2)n1)C(C)C. The van der Waals surface area contributed by atoms with Crippen molar-refractivity contribution in [3.63, 3.8) is 0 Å². The average molecular weight is 464 g/mol. The molecule has 0 saturated heterocycles. The summed E-state index contributed by atoms with van der Waals surface area (Å²) in [5.74, 6) is -0.195. The number of ether oxygens (including phenoxy) is 2. The zero-order valence-corrected chi connectivity index (χ0v) is 20.1. The fourth-order valence-corrected chi connectivity index (χ4v) is 3.64. The van der Waals surface area contributed by atoms with Gasteiger partial charge in [-0.3, -0.25) is 4.98 Å². The summed E-state index contributed by atoms with van der Waals surface area (Å²) >= 11 is 0. The van der Waals surface area contributed by atoms with E-state index >= 15 is 0 Å². The maximum Gasteiger partial charge on any atom is 0.329 e. The van der Waals surface area contributed by atoms with Crippen molar-refractivity contribution in [1.82, 2.24) is 9.97 Å². The Hall–Kier alpha value is -3.29. The van der Waals surface area contributed by atoms with Crippen LogP contribution < -0.4 is 4.90 Å². The number of carboxylic acids is 1. The molecule has 1 heterocycles. The first kappa shape index (κ1) is 25.3. The lowest BCUT2D eigenvalue weighted by Gasteiger charge is -2.29. The number of aliphatic carboxylic acids is 1. The third kappa shape index (κ3) is 7.10. The molecule has 7 nitrogen and oxygen atoms in total. The van der Waals surface area contributed by atoms with Crippen LogP contribution >= 0.6 is 0 Å². The van der Waals surface area contributed by atoms with E-state index in [1.165, 1.54) is 0 Å². The summed E-state index contributed by atoms with van der Waals surface area (Å²) in [7, 11) is 0. The molecule has 180 valence electrons. The van der Waals surface area contributed by atoms with Gasteiger partial charge in [-0.05, 0) is 20.3 Å². The number of aromatic nitrogens is 2. The molecule has 0 bridgehead atoms. The quantitative estimate of drug-likeness (QED) is 0.385. The van der Waals surface area contributed by atoms with E-state index in [2.05, 4.69) is 18.7 Å². The maximum absolute atomic E-state index is 10.7. The summed E-state index contributed by atoms with van der Waals surface area (Å²) in [6.45, 7) is 7.26. The number of anilines is 1. The van der Waals surface area contributed by atoms with Crippen molar-refractivity contribution < 1.29 is 19.4 Å². The number of benzene rings is 2. The minimum atomic E-state index is -0.979. The van der Waals surface area contributed by atoms with Crippen LogP contribution in [0, 0.1) is 0 Å². The van der Waals surface area contributed by atoms with Crippen LogP contribution in [0.4, 0.5) is 5.82 Å². The highest BCUT2D eigenvalue weighted by Crippen LogP contribution is 2.30. The molecule has 0 aliphatic carbocycles. The van der Waals surface area contributed by atoms with E-state index in [0.29, 0.717) is 13.2 Å². The van der Waals surface area contributed by atoms with E-state index in [1.807, 2.05) is 73.8 Å². The molecule has 1 N–H and O–H groups in total. The van der Waals surface area contributed by atoms with E-state index < -0.39 is 5.97 Å². The molecule has 0 fully saturated rings. The molecule has 1 unspecified atom stereocenters. The molecule has 0 aliphatic heterocycles. The van der Waals surface area contributed by atoms with Gasteiger partial charge in [0.1, 0.15) is 12.4 Å². The second-order valence-corrected chi connectivity index (χ2v) is 8.25. The molecule has 34 heavy (non-hydrogen) atoms. The minimum Gasteiger partial charge on any atom is -0.480 e. The summed E-state index contributed by atoms with van der Waals surface area (Å²) in [6, 6.07) is 20.4. The Bertz CT molecular complexity index is 1030. The smallest absolute Gasteiger partial charge is 0.329 e. The predicted molar refractivity (Wildman–Crippen MR) is 134 cm³/mol. The highest BCUT2D eigenvalue weighted by atomic mass is 16.5. The highest BCUT2D eigenvalue weighted by Gasteiger charge is 2.18.